The molecule has 0 atom stereocenters. The molecule has 1 aliphatic heterocycles. The molecule has 0 saturated carbocycles. The van der Waals surface area contributed by atoms with Crippen LogP contribution >= 0.6 is 0 Å². The fraction of sp³-hybridized carbons (Fsp3) is 0.333. The van der Waals surface area contributed by atoms with Crippen molar-refractivity contribution in [2.75, 3.05) is 6.61 Å². The molecule has 3 rings (SSSR count). The normalized spacial score (nSPS) is 14.3. The smallest absolute Gasteiger partial charge is 0.341 e. The van der Waals surface area contributed by atoms with Gasteiger partial charge in [-0.2, -0.15) is 5.26 Å². The predicted molar refractivity (Wildman–Crippen MR) is 90.6 cm³/mol. The average Bonchev–Trinajstić information content (AvgIpc) is 2.86. The third kappa shape index (κ3) is 3.86. The first-order chi connectivity index (χ1) is 12.2. The van der Waals surface area contributed by atoms with Crippen molar-refractivity contribution >= 4 is 17.6 Å². The first kappa shape index (κ1) is 16.7. The van der Waals surface area contributed by atoms with E-state index in [-0.39, 0.29) is 0 Å². The van der Waals surface area contributed by atoms with E-state index in [9.17, 15) is 10.1 Å². The molecule has 0 aliphatic carbocycles. The Balaban J connectivity index is 1.96. The molecule has 0 saturated heterocycles. The number of carbonyl (C=O) groups is 1. The molecule has 2 heterocycles. The Kier molecular flexibility index (Phi) is 5.09. The van der Waals surface area contributed by atoms with E-state index in [1.807, 2.05) is 4.57 Å². The molecule has 1 N–H and O–H groups in total. The maximum absolute atomic E-state index is 10.7. The lowest BCUT2D eigenvalue weighted by Gasteiger charge is -2.08. The fourth-order valence-electron chi connectivity index (χ4n) is 2.86. The molecule has 25 heavy (non-hydrogen) atoms. The minimum absolute atomic E-state index is 0.382. The third-order valence-electron chi connectivity index (χ3n) is 4.04. The zero-order chi connectivity index (χ0) is 17.6. The lowest BCUT2D eigenvalue weighted by molar-refractivity contribution is -0.139. The van der Waals surface area contributed by atoms with Crippen molar-refractivity contribution < 1.29 is 14.6 Å². The van der Waals surface area contributed by atoms with E-state index in [0.717, 1.165) is 38.1 Å². The third-order valence-corrected chi connectivity index (χ3v) is 4.04. The molecule has 1 aromatic heterocycles. The Morgan fingerprint density at radius 1 is 1.32 bits per heavy atom. The molecule has 7 nitrogen and oxygen atoms in total. The highest BCUT2D eigenvalue weighted by atomic mass is 16.5. The van der Waals surface area contributed by atoms with Crippen LogP contribution in [0.3, 0.4) is 0 Å². The monoisotopic (exact) mass is 338 g/mol. The molecular weight excluding hydrogens is 320 g/mol. The highest BCUT2D eigenvalue weighted by Crippen LogP contribution is 2.25. The van der Waals surface area contributed by atoms with Gasteiger partial charge in [-0.25, -0.2) is 4.79 Å². The Morgan fingerprint density at radius 3 is 2.96 bits per heavy atom. The SMILES string of the molecule is N#CC(=Cc1ccccc1OCC(=O)O)c1nnc2n1CCCCC2. The van der Waals surface area contributed by atoms with Crippen LogP contribution in [0.5, 0.6) is 5.75 Å². The number of ether oxygens (including phenoxy) is 1. The van der Waals surface area contributed by atoms with Gasteiger partial charge in [0, 0.05) is 18.5 Å². The van der Waals surface area contributed by atoms with E-state index >= 15 is 0 Å². The van der Waals surface area contributed by atoms with Gasteiger partial charge in [0.05, 0.1) is 5.57 Å². The van der Waals surface area contributed by atoms with Crippen LogP contribution in [0.25, 0.3) is 11.6 Å². The van der Waals surface area contributed by atoms with Gasteiger partial charge < -0.3 is 14.4 Å². The Bertz CT molecular complexity index is 848. The van der Waals surface area contributed by atoms with Crippen LogP contribution in [0.15, 0.2) is 24.3 Å². The number of aliphatic carboxylic acids is 1. The van der Waals surface area contributed by atoms with Gasteiger partial charge in [0.2, 0.25) is 0 Å². The molecule has 0 unspecified atom stereocenters. The molecule has 0 bridgehead atoms. The van der Waals surface area contributed by atoms with Crippen LogP contribution in [0.4, 0.5) is 0 Å². The summed E-state index contributed by atoms with van der Waals surface area (Å²) in [4.78, 5) is 10.7. The second-order valence-electron chi connectivity index (χ2n) is 5.79. The number of carboxylic acids is 1. The van der Waals surface area contributed by atoms with E-state index in [1.165, 1.54) is 0 Å². The summed E-state index contributed by atoms with van der Waals surface area (Å²) in [6.45, 7) is 0.362. The van der Waals surface area contributed by atoms with Gasteiger partial charge in [-0.15, -0.1) is 10.2 Å². The van der Waals surface area contributed by atoms with E-state index in [0.29, 0.717) is 22.7 Å². The Hall–Kier alpha value is -3.14. The molecular formula is C18H18N4O3. The summed E-state index contributed by atoms with van der Waals surface area (Å²) in [7, 11) is 0. The number of benzene rings is 1. The van der Waals surface area contributed by atoms with E-state index < -0.39 is 12.6 Å². The number of rotatable bonds is 5. The molecule has 0 spiro atoms. The Labute approximate surface area is 145 Å². The van der Waals surface area contributed by atoms with Crippen LogP contribution in [0.2, 0.25) is 0 Å². The number of allylic oxidation sites excluding steroid dienone is 1. The highest BCUT2D eigenvalue weighted by molar-refractivity contribution is 5.88. The van der Waals surface area contributed by atoms with E-state index in [2.05, 4.69) is 16.3 Å². The first-order valence-corrected chi connectivity index (χ1v) is 8.17. The molecule has 0 fully saturated rings. The van der Waals surface area contributed by atoms with Crippen molar-refractivity contribution in [3.8, 4) is 11.8 Å². The molecule has 128 valence electrons. The zero-order valence-electron chi connectivity index (χ0n) is 13.7. The summed E-state index contributed by atoms with van der Waals surface area (Å²) in [5.74, 6) is 0.812. The molecule has 0 radical (unpaired) electrons. The summed E-state index contributed by atoms with van der Waals surface area (Å²) in [6, 6.07) is 9.19. The average molecular weight is 338 g/mol. The van der Waals surface area contributed by atoms with Gasteiger partial charge in [0.1, 0.15) is 17.6 Å². The molecule has 2 aromatic rings. The van der Waals surface area contributed by atoms with Crippen molar-refractivity contribution in [2.45, 2.75) is 32.2 Å². The molecule has 1 aromatic carbocycles. The fourth-order valence-corrected chi connectivity index (χ4v) is 2.86. The van der Waals surface area contributed by atoms with Crippen LogP contribution < -0.4 is 4.74 Å². The number of hydrogen-bond donors (Lipinski definition) is 1. The molecule has 0 amide bonds. The topological polar surface area (TPSA) is 101 Å². The van der Waals surface area contributed by atoms with Gasteiger partial charge in [0.25, 0.3) is 0 Å². The second-order valence-corrected chi connectivity index (χ2v) is 5.79. The number of carboxylic acid groups (broad SMARTS) is 1. The van der Waals surface area contributed by atoms with E-state index in [1.54, 1.807) is 30.3 Å². The number of aryl methyl sites for hydroxylation is 1. The number of nitriles is 1. The zero-order valence-corrected chi connectivity index (χ0v) is 13.7. The number of fused-ring (bicyclic) bond motifs is 1. The lowest BCUT2D eigenvalue weighted by atomic mass is 10.1. The van der Waals surface area contributed by atoms with Crippen molar-refractivity contribution in [3.63, 3.8) is 0 Å². The quantitative estimate of drug-likeness (QED) is 0.841. The lowest BCUT2D eigenvalue weighted by Crippen LogP contribution is -2.10. The molecule has 1 aliphatic rings. The van der Waals surface area contributed by atoms with Crippen molar-refractivity contribution in [1.82, 2.24) is 14.8 Å². The minimum Gasteiger partial charge on any atom is -0.481 e. The van der Waals surface area contributed by atoms with Crippen LogP contribution in [0.1, 0.15) is 36.5 Å². The van der Waals surface area contributed by atoms with Gasteiger partial charge in [-0.05, 0) is 25.0 Å². The van der Waals surface area contributed by atoms with Crippen LogP contribution in [-0.2, 0) is 17.8 Å². The summed E-state index contributed by atoms with van der Waals surface area (Å²) in [6.07, 6.45) is 5.79. The van der Waals surface area contributed by atoms with Crippen LogP contribution in [-0.4, -0.2) is 32.4 Å². The van der Waals surface area contributed by atoms with Gasteiger partial charge in [-0.3, -0.25) is 0 Å². The largest absolute Gasteiger partial charge is 0.481 e. The summed E-state index contributed by atoms with van der Waals surface area (Å²) >= 11 is 0. The summed E-state index contributed by atoms with van der Waals surface area (Å²) < 4.78 is 7.30. The summed E-state index contributed by atoms with van der Waals surface area (Å²) in [5.41, 5.74) is 1.01. The highest BCUT2D eigenvalue weighted by Gasteiger charge is 2.18. The number of aromatic nitrogens is 3. The first-order valence-electron chi connectivity index (χ1n) is 8.17. The maximum atomic E-state index is 10.7. The van der Waals surface area contributed by atoms with Crippen molar-refractivity contribution in [3.05, 3.63) is 41.5 Å². The standard InChI is InChI=1S/C18H18N4O3/c19-11-14(18-21-20-16-8-2-1-5-9-22(16)18)10-13-6-3-4-7-15(13)25-12-17(23)24/h3-4,6-7,10H,1-2,5,8-9,12H2,(H,23,24). The number of nitrogens with zero attached hydrogens (tertiary/aromatic N) is 4. The molecule has 7 heteroatoms. The Morgan fingerprint density at radius 2 is 2.16 bits per heavy atom. The second kappa shape index (κ2) is 7.62. The minimum atomic E-state index is -1.05. The number of hydrogen-bond acceptors (Lipinski definition) is 5. The van der Waals surface area contributed by atoms with Gasteiger partial charge in [-0.1, -0.05) is 24.6 Å². The summed E-state index contributed by atoms with van der Waals surface area (Å²) in [5, 5.41) is 26.8. The van der Waals surface area contributed by atoms with Gasteiger partial charge >= 0.3 is 5.97 Å². The van der Waals surface area contributed by atoms with E-state index in [4.69, 9.17) is 9.84 Å². The van der Waals surface area contributed by atoms with Crippen molar-refractivity contribution in [1.29, 1.82) is 5.26 Å². The number of para-hydroxylation sites is 1. The van der Waals surface area contributed by atoms with Crippen LogP contribution in [0, 0.1) is 11.3 Å². The van der Waals surface area contributed by atoms with Crippen molar-refractivity contribution in [2.24, 2.45) is 0 Å². The van der Waals surface area contributed by atoms with Gasteiger partial charge in [0.15, 0.2) is 12.4 Å². The predicted octanol–water partition coefficient (Wildman–Crippen LogP) is 2.53. The maximum Gasteiger partial charge on any atom is 0.341 e.